The highest BCUT2D eigenvalue weighted by molar-refractivity contribution is 7.89. The van der Waals surface area contributed by atoms with Crippen LogP contribution in [0, 0.1) is 0 Å². The lowest BCUT2D eigenvalue weighted by Gasteiger charge is -2.15. The lowest BCUT2D eigenvalue weighted by Crippen LogP contribution is -2.33. The molecule has 1 atom stereocenters. The highest BCUT2D eigenvalue weighted by atomic mass is 32.2. The Morgan fingerprint density at radius 1 is 1.38 bits per heavy atom. The number of benzene rings is 1. The van der Waals surface area contributed by atoms with Crippen LogP contribution in [0.5, 0.6) is 0 Å². The Labute approximate surface area is 121 Å². The third-order valence-corrected chi connectivity index (χ3v) is 4.97. The second kappa shape index (κ2) is 5.10. The van der Waals surface area contributed by atoms with Crippen molar-refractivity contribution in [3.05, 3.63) is 23.8 Å². The molecule has 21 heavy (non-hydrogen) atoms. The number of aliphatic hydroxyl groups is 1. The summed E-state index contributed by atoms with van der Waals surface area (Å²) in [6.45, 7) is -0.595. The second-order valence-corrected chi connectivity index (χ2v) is 6.88. The van der Waals surface area contributed by atoms with E-state index in [4.69, 9.17) is 5.11 Å². The number of carbonyl (C=O) groups is 2. The number of carboxylic acid groups (broad SMARTS) is 1. The molecule has 9 heteroatoms. The number of carboxylic acids is 1. The Balaban J connectivity index is 2.52. The van der Waals surface area contributed by atoms with E-state index in [1.54, 1.807) is 0 Å². The van der Waals surface area contributed by atoms with Gasteiger partial charge in [-0.15, -0.1) is 0 Å². The van der Waals surface area contributed by atoms with Crippen LogP contribution in [-0.2, 0) is 19.6 Å². The molecule has 0 saturated heterocycles. The van der Waals surface area contributed by atoms with Gasteiger partial charge in [-0.05, 0) is 18.2 Å². The predicted molar refractivity (Wildman–Crippen MR) is 72.3 cm³/mol. The SMILES string of the molecule is CN(C)S(=O)(=O)c1ccc2c(c1)C(O)C(=O)N2CC(=O)O. The molecule has 0 aliphatic carbocycles. The number of carbonyl (C=O) groups excluding carboxylic acids is 1. The van der Waals surface area contributed by atoms with Crippen LogP contribution in [0.2, 0.25) is 0 Å². The number of hydrogen-bond donors (Lipinski definition) is 2. The molecule has 8 nitrogen and oxygen atoms in total. The number of amides is 1. The van der Waals surface area contributed by atoms with Gasteiger partial charge in [-0.2, -0.15) is 0 Å². The van der Waals surface area contributed by atoms with E-state index in [1.807, 2.05) is 0 Å². The van der Waals surface area contributed by atoms with Crippen molar-refractivity contribution in [1.82, 2.24) is 4.31 Å². The summed E-state index contributed by atoms with van der Waals surface area (Å²) in [5, 5.41) is 18.7. The van der Waals surface area contributed by atoms with E-state index in [-0.39, 0.29) is 16.1 Å². The van der Waals surface area contributed by atoms with Crippen molar-refractivity contribution in [2.75, 3.05) is 25.5 Å². The molecule has 1 aliphatic rings. The number of hydrogen-bond acceptors (Lipinski definition) is 5. The van der Waals surface area contributed by atoms with Crippen molar-refractivity contribution in [2.24, 2.45) is 0 Å². The van der Waals surface area contributed by atoms with Crippen molar-refractivity contribution < 1.29 is 28.2 Å². The van der Waals surface area contributed by atoms with Crippen LogP contribution in [0.25, 0.3) is 0 Å². The molecule has 114 valence electrons. The van der Waals surface area contributed by atoms with Gasteiger partial charge >= 0.3 is 5.97 Å². The summed E-state index contributed by atoms with van der Waals surface area (Å²) in [6.07, 6.45) is -1.56. The Bertz CT molecular complexity index is 712. The highest BCUT2D eigenvalue weighted by Gasteiger charge is 2.38. The van der Waals surface area contributed by atoms with Crippen LogP contribution >= 0.6 is 0 Å². The molecule has 1 aromatic carbocycles. The summed E-state index contributed by atoms with van der Waals surface area (Å²) in [7, 11) is -0.980. The molecule has 0 radical (unpaired) electrons. The van der Waals surface area contributed by atoms with Gasteiger partial charge < -0.3 is 10.2 Å². The second-order valence-electron chi connectivity index (χ2n) is 4.73. The molecule has 2 N–H and O–H groups in total. The minimum absolute atomic E-state index is 0.0738. The summed E-state index contributed by atoms with van der Waals surface area (Å²) in [5.74, 6) is -2.01. The topological polar surface area (TPSA) is 115 Å². The third kappa shape index (κ3) is 2.50. The predicted octanol–water partition coefficient (Wildman–Crippen LogP) is -0.599. The molecule has 0 saturated carbocycles. The minimum Gasteiger partial charge on any atom is -0.480 e. The third-order valence-electron chi connectivity index (χ3n) is 3.16. The lowest BCUT2D eigenvalue weighted by atomic mass is 10.1. The normalized spacial score (nSPS) is 18.2. The average molecular weight is 314 g/mol. The average Bonchev–Trinajstić information content (AvgIpc) is 2.63. The Hall–Kier alpha value is -1.97. The first-order chi connectivity index (χ1) is 9.66. The van der Waals surface area contributed by atoms with Crippen LogP contribution < -0.4 is 4.90 Å². The van der Waals surface area contributed by atoms with Gasteiger partial charge in [0.1, 0.15) is 6.54 Å². The summed E-state index contributed by atoms with van der Waals surface area (Å²) < 4.78 is 25.1. The fraction of sp³-hybridized carbons (Fsp3) is 0.333. The molecular formula is C12H14N2O6S. The van der Waals surface area contributed by atoms with E-state index >= 15 is 0 Å². The largest absolute Gasteiger partial charge is 0.480 e. The standard InChI is InChI=1S/C12H14N2O6S/c1-13(2)21(19,20)7-3-4-9-8(5-7)11(17)12(18)14(9)6-10(15)16/h3-5,11,17H,6H2,1-2H3,(H,15,16). The number of anilines is 1. The van der Waals surface area contributed by atoms with E-state index in [2.05, 4.69) is 0 Å². The lowest BCUT2D eigenvalue weighted by molar-refractivity contribution is -0.137. The Morgan fingerprint density at radius 3 is 2.52 bits per heavy atom. The maximum atomic E-state index is 12.0. The van der Waals surface area contributed by atoms with Crippen LogP contribution in [0.3, 0.4) is 0 Å². The number of aliphatic hydroxyl groups excluding tert-OH is 1. The fourth-order valence-corrected chi connectivity index (χ4v) is 3.00. The first-order valence-electron chi connectivity index (χ1n) is 5.94. The molecule has 0 aromatic heterocycles. The maximum absolute atomic E-state index is 12.0. The van der Waals surface area contributed by atoms with E-state index in [0.717, 1.165) is 9.21 Å². The van der Waals surface area contributed by atoms with E-state index < -0.39 is 34.5 Å². The first kappa shape index (κ1) is 15.4. The molecule has 0 spiro atoms. The van der Waals surface area contributed by atoms with Gasteiger partial charge in [0, 0.05) is 19.7 Å². The van der Waals surface area contributed by atoms with Crippen LogP contribution in [0.15, 0.2) is 23.1 Å². The molecule has 2 rings (SSSR count). The number of sulfonamides is 1. The first-order valence-corrected chi connectivity index (χ1v) is 7.38. The van der Waals surface area contributed by atoms with E-state index in [0.29, 0.717) is 0 Å². The van der Waals surface area contributed by atoms with Gasteiger partial charge in [0.25, 0.3) is 5.91 Å². The molecule has 1 aliphatic heterocycles. The molecule has 1 unspecified atom stereocenters. The van der Waals surface area contributed by atoms with Gasteiger partial charge in [-0.3, -0.25) is 14.5 Å². The molecule has 0 bridgehead atoms. The van der Waals surface area contributed by atoms with Crippen LogP contribution in [0.4, 0.5) is 5.69 Å². The monoisotopic (exact) mass is 314 g/mol. The van der Waals surface area contributed by atoms with Gasteiger partial charge in [0.05, 0.1) is 10.6 Å². The Kier molecular flexibility index (Phi) is 3.74. The molecule has 1 heterocycles. The van der Waals surface area contributed by atoms with Crippen LogP contribution in [-0.4, -0.2) is 55.5 Å². The smallest absolute Gasteiger partial charge is 0.323 e. The number of nitrogens with zero attached hydrogens (tertiary/aromatic N) is 2. The maximum Gasteiger partial charge on any atom is 0.323 e. The molecule has 1 amide bonds. The summed E-state index contributed by atoms with van der Waals surface area (Å²) in [6, 6.07) is 3.78. The Morgan fingerprint density at radius 2 is 2.00 bits per heavy atom. The quantitative estimate of drug-likeness (QED) is 0.767. The number of fused-ring (bicyclic) bond motifs is 1. The van der Waals surface area contributed by atoms with Crippen molar-refractivity contribution in [3.63, 3.8) is 0 Å². The van der Waals surface area contributed by atoms with Gasteiger partial charge in [0.2, 0.25) is 10.0 Å². The number of rotatable bonds is 4. The van der Waals surface area contributed by atoms with Gasteiger partial charge in [-0.1, -0.05) is 0 Å². The zero-order valence-electron chi connectivity index (χ0n) is 11.3. The van der Waals surface area contributed by atoms with Crippen molar-refractivity contribution >= 4 is 27.6 Å². The molecule has 0 fully saturated rings. The highest BCUT2D eigenvalue weighted by Crippen LogP contribution is 2.37. The number of aliphatic carboxylic acids is 1. The molecular weight excluding hydrogens is 300 g/mol. The fourth-order valence-electron chi connectivity index (χ4n) is 2.07. The summed E-state index contributed by atoms with van der Waals surface area (Å²) in [4.78, 5) is 23.4. The van der Waals surface area contributed by atoms with E-state index in [1.165, 1.54) is 32.3 Å². The van der Waals surface area contributed by atoms with Crippen molar-refractivity contribution in [1.29, 1.82) is 0 Å². The summed E-state index contributed by atoms with van der Waals surface area (Å²) >= 11 is 0. The summed E-state index contributed by atoms with van der Waals surface area (Å²) in [5.41, 5.74) is 0.289. The van der Waals surface area contributed by atoms with Crippen molar-refractivity contribution in [3.8, 4) is 0 Å². The van der Waals surface area contributed by atoms with Crippen molar-refractivity contribution in [2.45, 2.75) is 11.0 Å². The van der Waals surface area contributed by atoms with Crippen LogP contribution in [0.1, 0.15) is 11.7 Å². The van der Waals surface area contributed by atoms with Gasteiger partial charge in [0.15, 0.2) is 6.10 Å². The zero-order valence-corrected chi connectivity index (χ0v) is 12.2. The molecule has 1 aromatic rings. The minimum atomic E-state index is -3.70. The van der Waals surface area contributed by atoms with Gasteiger partial charge in [-0.25, -0.2) is 12.7 Å². The van der Waals surface area contributed by atoms with E-state index in [9.17, 15) is 23.1 Å². The zero-order chi connectivity index (χ0) is 15.9.